The molecule has 2 atom stereocenters. The minimum absolute atomic E-state index is 0.179. The first-order valence-electron chi connectivity index (χ1n) is 8.22. The highest BCUT2D eigenvalue weighted by molar-refractivity contribution is 5.14. The Balaban J connectivity index is 1.73. The fourth-order valence-corrected chi connectivity index (χ4v) is 4.12. The molecule has 1 saturated carbocycles. The van der Waals surface area contributed by atoms with Crippen LogP contribution in [0.15, 0.2) is 23.0 Å². The maximum absolute atomic E-state index is 6.23. The number of hydrogen-bond acceptors (Lipinski definition) is 3. The van der Waals surface area contributed by atoms with Crippen LogP contribution in [0.4, 0.5) is 0 Å². The maximum atomic E-state index is 6.23. The molecule has 2 unspecified atom stereocenters. The summed E-state index contributed by atoms with van der Waals surface area (Å²) in [6.45, 7) is 4.10. The molecule has 112 valence electrons. The van der Waals surface area contributed by atoms with Crippen LogP contribution < -0.4 is 5.32 Å². The second-order valence-electron chi connectivity index (χ2n) is 6.44. The average Bonchev–Trinajstić information content (AvgIpc) is 2.99. The molecular weight excluding hydrogens is 250 g/mol. The van der Waals surface area contributed by atoms with Crippen LogP contribution in [0.3, 0.4) is 0 Å². The molecule has 1 N–H and O–H groups in total. The molecule has 0 bridgehead atoms. The first-order chi connectivity index (χ1) is 9.83. The summed E-state index contributed by atoms with van der Waals surface area (Å²) in [5, 5.41) is 3.66. The van der Waals surface area contributed by atoms with Gasteiger partial charge in [-0.05, 0) is 44.2 Å². The van der Waals surface area contributed by atoms with Crippen LogP contribution in [0, 0.1) is 5.92 Å². The lowest BCUT2D eigenvalue weighted by Gasteiger charge is -2.45. The molecule has 1 aliphatic carbocycles. The lowest BCUT2D eigenvalue weighted by molar-refractivity contribution is -0.122. The Hall–Kier alpha value is -0.800. The van der Waals surface area contributed by atoms with Gasteiger partial charge in [-0.15, -0.1) is 0 Å². The van der Waals surface area contributed by atoms with Crippen molar-refractivity contribution >= 4 is 0 Å². The van der Waals surface area contributed by atoms with Crippen molar-refractivity contribution in [1.29, 1.82) is 0 Å². The Bertz CT molecular complexity index is 390. The van der Waals surface area contributed by atoms with Crippen molar-refractivity contribution < 1.29 is 9.15 Å². The van der Waals surface area contributed by atoms with Crippen molar-refractivity contribution in [3.63, 3.8) is 0 Å². The van der Waals surface area contributed by atoms with Crippen LogP contribution in [0.5, 0.6) is 0 Å². The maximum Gasteiger partial charge on any atom is 0.0950 e. The van der Waals surface area contributed by atoms with Crippen molar-refractivity contribution in [2.45, 2.75) is 63.5 Å². The minimum atomic E-state index is 0.179. The molecule has 1 aromatic heterocycles. The van der Waals surface area contributed by atoms with E-state index < -0.39 is 0 Å². The van der Waals surface area contributed by atoms with E-state index in [1.54, 1.807) is 6.26 Å². The van der Waals surface area contributed by atoms with Crippen LogP contribution in [-0.2, 0) is 4.74 Å². The van der Waals surface area contributed by atoms with Gasteiger partial charge in [0.1, 0.15) is 0 Å². The van der Waals surface area contributed by atoms with Gasteiger partial charge in [0.25, 0.3) is 0 Å². The van der Waals surface area contributed by atoms with Crippen molar-refractivity contribution in [3.8, 4) is 0 Å². The molecule has 0 radical (unpaired) electrons. The average molecular weight is 277 g/mol. The Morgan fingerprint density at radius 1 is 1.35 bits per heavy atom. The fourth-order valence-electron chi connectivity index (χ4n) is 4.12. The summed E-state index contributed by atoms with van der Waals surface area (Å²) in [6, 6.07) is 2.53. The first kappa shape index (κ1) is 14.2. The molecule has 1 saturated heterocycles. The van der Waals surface area contributed by atoms with E-state index in [1.807, 2.05) is 6.26 Å². The summed E-state index contributed by atoms with van der Waals surface area (Å²) in [5.74, 6) is 0.666. The zero-order valence-electron chi connectivity index (χ0n) is 12.6. The second-order valence-corrected chi connectivity index (χ2v) is 6.44. The number of rotatable bonds is 4. The highest BCUT2D eigenvalue weighted by Gasteiger charge is 2.41. The Kier molecular flexibility index (Phi) is 4.47. The van der Waals surface area contributed by atoms with E-state index >= 15 is 0 Å². The van der Waals surface area contributed by atoms with E-state index in [2.05, 4.69) is 18.3 Å². The molecule has 3 heteroatoms. The minimum Gasteiger partial charge on any atom is -0.472 e. The molecule has 3 rings (SSSR count). The smallest absolute Gasteiger partial charge is 0.0950 e. The quantitative estimate of drug-likeness (QED) is 0.901. The third-order valence-corrected chi connectivity index (χ3v) is 5.09. The summed E-state index contributed by atoms with van der Waals surface area (Å²) in [6.07, 6.45) is 12.6. The van der Waals surface area contributed by atoms with Gasteiger partial charge in [-0.1, -0.05) is 26.2 Å². The summed E-state index contributed by atoms with van der Waals surface area (Å²) in [5.41, 5.74) is 1.48. The van der Waals surface area contributed by atoms with Crippen molar-refractivity contribution in [3.05, 3.63) is 24.2 Å². The van der Waals surface area contributed by atoms with Gasteiger partial charge in [0.2, 0.25) is 0 Å². The number of hydrogen-bond donors (Lipinski definition) is 1. The molecule has 0 aromatic carbocycles. The summed E-state index contributed by atoms with van der Waals surface area (Å²) < 4.78 is 11.5. The first-order valence-corrected chi connectivity index (χ1v) is 8.22. The van der Waals surface area contributed by atoms with Gasteiger partial charge >= 0.3 is 0 Å². The zero-order valence-corrected chi connectivity index (χ0v) is 12.6. The van der Waals surface area contributed by atoms with Crippen LogP contribution in [-0.4, -0.2) is 18.8 Å². The molecule has 0 amide bonds. The van der Waals surface area contributed by atoms with Crippen molar-refractivity contribution in [2.75, 3.05) is 13.2 Å². The molecule has 1 aromatic rings. The standard InChI is InChI=1S/C17H27NO2/c1-2-18-16(15-6-10-19-13-15)14-7-11-20-17(12-14)8-4-3-5-9-17/h6,10,13-14,16,18H,2-5,7-9,11-12H2,1H3. The Labute approximate surface area is 122 Å². The molecule has 2 fully saturated rings. The van der Waals surface area contributed by atoms with Gasteiger partial charge in [-0.2, -0.15) is 0 Å². The lowest BCUT2D eigenvalue weighted by Crippen LogP contribution is -2.44. The molecule has 2 aliphatic rings. The van der Waals surface area contributed by atoms with E-state index in [1.165, 1.54) is 44.1 Å². The highest BCUT2D eigenvalue weighted by atomic mass is 16.5. The Morgan fingerprint density at radius 2 is 2.20 bits per heavy atom. The van der Waals surface area contributed by atoms with Gasteiger partial charge in [0, 0.05) is 18.2 Å². The molecular formula is C17H27NO2. The van der Waals surface area contributed by atoms with Gasteiger partial charge in [-0.25, -0.2) is 0 Å². The van der Waals surface area contributed by atoms with Crippen LogP contribution in [0.25, 0.3) is 0 Å². The van der Waals surface area contributed by atoms with Crippen molar-refractivity contribution in [1.82, 2.24) is 5.32 Å². The van der Waals surface area contributed by atoms with E-state index in [-0.39, 0.29) is 5.60 Å². The number of furan rings is 1. The number of ether oxygens (including phenoxy) is 1. The van der Waals surface area contributed by atoms with E-state index in [0.717, 1.165) is 19.6 Å². The van der Waals surface area contributed by atoms with Crippen LogP contribution >= 0.6 is 0 Å². The predicted octanol–water partition coefficient (Wildman–Crippen LogP) is 4.06. The SMILES string of the molecule is CCNC(c1ccoc1)C1CCOC2(CCCCC2)C1. The molecule has 20 heavy (non-hydrogen) atoms. The van der Waals surface area contributed by atoms with Crippen LogP contribution in [0.2, 0.25) is 0 Å². The molecule has 1 spiro atoms. The summed E-state index contributed by atoms with van der Waals surface area (Å²) in [7, 11) is 0. The topological polar surface area (TPSA) is 34.4 Å². The predicted molar refractivity (Wildman–Crippen MR) is 79.6 cm³/mol. The number of nitrogens with one attached hydrogen (secondary N) is 1. The van der Waals surface area contributed by atoms with Crippen LogP contribution in [0.1, 0.15) is 63.5 Å². The van der Waals surface area contributed by atoms with Gasteiger partial charge in [0.15, 0.2) is 0 Å². The summed E-state index contributed by atoms with van der Waals surface area (Å²) >= 11 is 0. The van der Waals surface area contributed by atoms with Gasteiger partial charge < -0.3 is 14.5 Å². The monoisotopic (exact) mass is 277 g/mol. The van der Waals surface area contributed by atoms with Gasteiger partial charge in [0.05, 0.1) is 18.1 Å². The molecule has 1 aliphatic heterocycles. The highest BCUT2D eigenvalue weighted by Crippen LogP contribution is 2.44. The molecule has 3 nitrogen and oxygen atoms in total. The fraction of sp³-hybridized carbons (Fsp3) is 0.765. The largest absolute Gasteiger partial charge is 0.472 e. The third-order valence-electron chi connectivity index (χ3n) is 5.09. The molecule has 2 heterocycles. The summed E-state index contributed by atoms with van der Waals surface area (Å²) in [4.78, 5) is 0. The van der Waals surface area contributed by atoms with Crippen molar-refractivity contribution in [2.24, 2.45) is 5.92 Å². The van der Waals surface area contributed by atoms with Gasteiger partial charge in [-0.3, -0.25) is 0 Å². The normalized spacial score (nSPS) is 27.6. The third kappa shape index (κ3) is 2.94. The van der Waals surface area contributed by atoms with E-state index in [0.29, 0.717) is 12.0 Å². The zero-order chi connectivity index (χ0) is 13.8. The lowest BCUT2D eigenvalue weighted by atomic mass is 9.73. The van der Waals surface area contributed by atoms with E-state index in [9.17, 15) is 0 Å². The van der Waals surface area contributed by atoms with E-state index in [4.69, 9.17) is 9.15 Å². The second kappa shape index (κ2) is 6.31. The Morgan fingerprint density at radius 3 is 2.90 bits per heavy atom.